The van der Waals surface area contributed by atoms with Crippen LogP contribution < -0.4 is 27.4 Å². The van der Waals surface area contributed by atoms with Crippen LogP contribution in [0.3, 0.4) is 0 Å². The molecule has 0 aliphatic heterocycles. The second-order valence-corrected chi connectivity index (χ2v) is 7.79. The lowest BCUT2D eigenvalue weighted by Crippen LogP contribution is -2.59. The molecule has 0 aliphatic rings. The van der Waals surface area contributed by atoms with E-state index in [1.165, 1.54) is 0 Å². The highest BCUT2D eigenvalue weighted by atomic mass is 16.4. The maximum atomic E-state index is 12.7. The van der Waals surface area contributed by atoms with Crippen LogP contribution in [0.2, 0.25) is 0 Å². The zero-order valence-corrected chi connectivity index (χ0v) is 18.4. The first kappa shape index (κ1) is 28.3. The molecule has 0 aromatic rings. The molecule has 0 aliphatic carbocycles. The molecule has 0 rings (SSSR count). The van der Waals surface area contributed by atoms with Crippen molar-refractivity contribution in [1.29, 1.82) is 0 Å². The Bertz CT molecular complexity index is 656. The van der Waals surface area contributed by atoms with Gasteiger partial charge >= 0.3 is 5.97 Å². The number of primary amides is 1. The number of rotatable bonds is 14. The number of carbonyl (C=O) groups is 5. The molecule has 0 spiro atoms. The Morgan fingerprint density at radius 3 is 1.87 bits per heavy atom. The van der Waals surface area contributed by atoms with Gasteiger partial charge in [-0.3, -0.25) is 19.2 Å². The molecule has 0 aromatic carbocycles. The van der Waals surface area contributed by atoms with Gasteiger partial charge in [0.05, 0.1) is 12.6 Å². The van der Waals surface area contributed by atoms with E-state index in [9.17, 15) is 34.2 Å². The van der Waals surface area contributed by atoms with Gasteiger partial charge in [-0.2, -0.15) is 0 Å². The normalized spacial score (nSPS) is 15.8. The fourth-order valence-corrected chi connectivity index (χ4v) is 2.53. The summed E-state index contributed by atoms with van der Waals surface area (Å²) >= 11 is 0. The average molecular weight is 446 g/mol. The number of aliphatic carboxylic acids is 1. The Morgan fingerprint density at radius 1 is 0.903 bits per heavy atom. The van der Waals surface area contributed by atoms with Crippen LogP contribution in [0.5, 0.6) is 0 Å². The van der Waals surface area contributed by atoms with Gasteiger partial charge in [0.1, 0.15) is 18.1 Å². The number of hydrogen-bond donors (Lipinski definition) is 7. The van der Waals surface area contributed by atoms with Crippen molar-refractivity contribution in [2.24, 2.45) is 23.3 Å². The standard InChI is InChI=1S/C19H35N5O7/c1-5-10(4)15(18(29)22-11(19(30)31)6-7-13(20)26)24-16(27)12(8-25)23-17(28)14(21)9(2)3/h9-12,14-15,25H,5-8,21H2,1-4H3,(H2,20,26)(H,22,29)(H,23,28)(H,24,27)(H,30,31). The van der Waals surface area contributed by atoms with Crippen molar-refractivity contribution in [3.05, 3.63) is 0 Å². The van der Waals surface area contributed by atoms with E-state index in [0.717, 1.165) is 0 Å². The van der Waals surface area contributed by atoms with Crippen molar-refractivity contribution >= 4 is 29.6 Å². The van der Waals surface area contributed by atoms with Gasteiger partial charge in [0.15, 0.2) is 0 Å². The molecule has 4 amide bonds. The Hall–Kier alpha value is -2.73. The first-order chi connectivity index (χ1) is 14.3. The fraction of sp³-hybridized carbons (Fsp3) is 0.737. The van der Waals surface area contributed by atoms with E-state index in [4.69, 9.17) is 11.5 Å². The molecule has 9 N–H and O–H groups in total. The summed E-state index contributed by atoms with van der Waals surface area (Å²) in [5, 5.41) is 25.9. The third-order valence-corrected chi connectivity index (χ3v) is 4.92. The second-order valence-electron chi connectivity index (χ2n) is 7.79. The largest absolute Gasteiger partial charge is 0.480 e. The molecular weight excluding hydrogens is 410 g/mol. The smallest absolute Gasteiger partial charge is 0.326 e. The predicted molar refractivity (Wildman–Crippen MR) is 111 cm³/mol. The van der Waals surface area contributed by atoms with E-state index < -0.39 is 66.3 Å². The lowest BCUT2D eigenvalue weighted by Gasteiger charge is -2.27. The van der Waals surface area contributed by atoms with Gasteiger partial charge in [0.2, 0.25) is 23.6 Å². The predicted octanol–water partition coefficient (Wildman–Crippen LogP) is -2.19. The van der Waals surface area contributed by atoms with Crippen molar-refractivity contribution in [1.82, 2.24) is 16.0 Å². The van der Waals surface area contributed by atoms with Crippen LogP contribution in [-0.2, 0) is 24.0 Å². The number of hydrogen-bond acceptors (Lipinski definition) is 7. The van der Waals surface area contributed by atoms with Crippen molar-refractivity contribution in [3.8, 4) is 0 Å². The minimum Gasteiger partial charge on any atom is -0.480 e. The lowest BCUT2D eigenvalue weighted by atomic mass is 9.97. The maximum absolute atomic E-state index is 12.7. The number of amides is 4. The number of nitrogens with two attached hydrogens (primary N) is 2. The molecule has 12 heteroatoms. The Morgan fingerprint density at radius 2 is 1.45 bits per heavy atom. The summed E-state index contributed by atoms with van der Waals surface area (Å²) < 4.78 is 0. The zero-order chi connectivity index (χ0) is 24.3. The van der Waals surface area contributed by atoms with Crippen molar-refractivity contribution < 1.29 is 34.2 Å². The summed E-state index contributed by atoms with van der Waals surface area (Å²) in [6.07, 6.45) is 0.0120. The maximum Gasteiger partial charge on any atom is 0.326 e. The summed E-state index contributed by atoms with van der Waals surface area (Å²) in [7, 11) is 0. The first-order valence-electron chi connectivity index (χ1n) is 10.1. The van der Waals surface area contributed by atoms with Crippen LogP contribution in [-0.4, -0.2) is 70.6 Å². The number of carboxylic acid groups (broad SMARTS) is 1. The van der Waals surface area contributed by atoms with Crippen LogP contribution in [0.25, 0.3) is 0 Å². The molecule has 0 aromatic heterocycles. The Kier molecular flexibility index (Phi) is 12.4. The molecule has 31 heavy (non-hydrogen) atoms. The second kappa shape index (κ2) is 13.5. The van der Waals surface area contributed by atoms with Gasteiger partial charge in [-0.1, -0.05) is 34.1 Å². The molecule has 0 radical (unpaired) electrons. The molecule has 0 saturated carbocycles. The molecule has 0 saturated heterocycles. The molecular formula is C19H35N5O7. The topological polar surface area (TPSA) is 214 Å². The van der Waals surface area contributed by atoms with E-state index >= 15 is 0 Å². The average Bonchev–Trinajstić information content (AvgIpc) is 2.70. The molecule has 0 heterocycles. The highest BCUT2D eigenvalue weighted by Gasteiger charge is 2.32. The molecule has 5 atom stereocenters. The zero-order valence-electron chi connectivity index (χ0n) is 18.4. The minimum atomic E-state index is -1.37. The molecule has 5 unspecified atom stereocenters. The number of aliphatic hydroxyl groups is 1. The lowest BCUT2D eigenvalue weighted by molar-refractivity contribution is -0.143. The van der Waals surface area contributed by atoms with E-state index in [0.29, 0.717) is 6.42 Å². The van der Waals surface area contributed by atoms with Gasteiger partial charge in [-0.15, -0.1) is 0 Å². The van der Waals surface area contributed by atoms with Crippen molar-refractivity contribution in [2.45, 2.75) is 71.1 Å². The Balaban J connectivity index is 5.34. The van der Waals surface area contributed by atoms with E-state index in [1.54, 1.807) is 27.7 Å². The summed E-state index contributed by atoms with van der Waals surface area (Å²) in [6, 6.07) is -4.75. The van der Waals surface area contributed by atoms with Gasteiger partial charge in [0, 0.05) is 6.42 Å². The van der Waals surface area contributed by atoms with Gasteiger partial charge in [-0.05, 0) is 18.3 Å². The Labute approximate surface area is 181 Å². The van der Waals surface area contributed by atoms with E-state index in [1.807, 2.05) is 0 Å². The number of carbonyl (C=O) groups excluding carboxylic acids is 4. The number of nitrogens with one attached hydrogen (secondary N) is 3. The minimum absolute atomic E-state index is 0.200. The third-order valence-electron chi connectivity index (χ3n) is 4.92. The summed E-state index contributed by atoms with van der Waals surface area (Å²) in [5.74, 6) is -4.90. The van der Waals surface area contributed by atoms with Crippen LogP contribution in [0.1, 0.15) is 47.0 Å². The highest BCUT2D eigenvalue weighted by molar-refractivity contribution is 5.94. The van der Waals surface area contributed by atoms with Gasteiger partial charge in [0.25, 0.3) is 0 Å². The summed E-state index contributed by atoms with van der Waals surface area (Å²) in [4.78, 5) is 59.7. The van der Waals surface area contributed by atoms with E-state index in [-0.39, 0.29) is 18.8 Å². The van der Waals surface area contributed by atoms with Crippen LogP contribution >= 0.6 is 0 Å². The number of carboxylic acids is 1. The van der Waals surface area contributed by atoms with Gasteiger partial charge < -0.3 is 37.6 Å². The van der Waals surface area contributed by atoms with Crippen molar-refractivity contribution in [3.63, 3.8) is 0 Å². The third kappa shape index (κ3) is 9.75. The van der Waals surface area contributed by atoms with Crippen molar-refractivity contribution in [2.75, 3.05) is 6.61 Å². The monoisotopic (exact) mass is 445 g/mol. The summed E-state index contributed by atoms with van der Waals surface area (Å²) in [5.41, 5.74) is 10.8. The van der Waals surface area contributed by atoms with Crippen LogP contribution in [0, 0.1) is 11.8 Å². The molecule has 12 nitrogen and oxygen atoms in total. The highest BCUT2D eigenvalue weighted by Crippen LogP contribution is 2.10. The first-order valence-corrected chi connectivity index (χ1v) is 10.1. The molecule has 0 fully saturated rings. The molecule has 0 bridgehead atoms. The SMILES string of the molecule is CCC(C)C(NC(=O)C(CO)NC(=O)C(N)C(C)C)C(=O)NC(CCC(N)=O)C(=O)O. The fourth-order valence-electron chi connectivity index (χ4n) is 2.53. The summed E-state index contributed by atoms with van der Waals surface area (Å²) in [6.45, 7) is 6.15. The van der Waals surface area contributed by atoms with Crippen LogP contribution in [0.4, 0.5) is 0 Å². The number of aliphatic hydroxyl groups excluding tert-OH is 1. The van der Waals surface area contributed by atoms with Gasteiger partial charge in [-0.25, -0.2) is 4.79 Å². The molecule has 178 valence electrons. The van der Waals surface area contributed by atoms with Crippen LogP contribution in [0.15, 0.2) is 0 Å². The quantitative estimate of drug-likeness (QED) is 0.155. The van der Waals surface area contributed by atoms with E-state index in [2.05, 4.69) is 16.0 Å².